The minimum atomic E-state index is -5.65. The number of rotatable bonds is 13. The predicted octanol–water partition coefficient (Wildman–Crippen LogP) is -5.75. The number of nitro groups is 1. The van der Waals surface area contributed by atoms with E-state index in [1.165, 1.54) is 24.3 Å². The maximum atomic E-state index is 12.4. The fourth-order valence-corrected chi connectivity index (χ4v) is 8.47. The Morgan fingerprint density at radius 1 is 0.507 bits per heavy atom. The van der Waals surface area contributed by atoms with Crippen molar-refractivity contribution in [2.75, 3.05) is 17.2 Å². The first kappa shape index (κ1) is 59.9. The number of hydrogen-bond acceptors (Lipinski definition) is 24. The van der Waals surface area contributed by atoms with Gasteiger partial charge in [-0.15, -0.1) is 15.3 Å². The van der Waals surface area contributed by atoms with Crippen LogP contribution in [0.3, 0.4) is 0 Å². The molecule has 69 heavy (non-hydrogen) atoms. The van der Waals surface area contributed by atoms with Gasteiger partial charge in [0.2, 0.25) is 0 Å². The van der Waals surface area contributed by atoms with Crippen molar-refractivity contribution in [3.63, 3.8) is 0 Å². The molecule has 0 radical (unpaired) electrons. The first-order chi connectivity index (χ1) is 30.2. The smallest absolute Gasteiger partial charge is 0.744 e. The Labute approximate surface area is 439 Å². The zero-order chi connectivity index (χ0) is 47.8. The van der Waals surface area contributed by atoms with Crippen LogP contribution >= 0.6 is 0 Å². The van der Waals surface area contributed by atoms with E-state index >= 15 is 0 Å². The van der Waals surface area contributed by atoms with Gasteiger partial charge in [-0.05, 0) is 83.2 Å². The number of fused-ring (bicyclic) bond motifs is 1. The number of nitrogen functional groups attached to an aromatic ring is 3. The molecule has 0 amide bonds. The molecule has 0 fully saturated rings. The number of hydrogen-bond donors (Lipinski definition) is 4. The molecule has 25 nitrogen and oxygen atoms in total. The molecule has 0 atom stereocenters. The van der Waals surface area contributed by atoms with Crippen LogP contribution in [-0.4, -0.2) is 61.9 Å². The van der Waals surface area contributed by atoms with Crippen molar-refractivity contribution in [3.8, 4) is 5.75 Å². The fraction of sp³-hybridized carbons (Fsp3) is 0. The molecule has 0 saturated heterocycles. The summed E-state index contributed by atoms with van der Waals surface area (Å²) < 4.78 is 148. The number of nitrogens with zero attached hydrogens (tertiary/aromatic N) is 7. The van der Waals surface area contributed by atoms with Crippen LogP contribution in [0.15, 0.2) is 141 Å². The van der Waals surface area contributed by atoms with Gasteiger partial charge in [-0.1, -0.05) is 24.3 Å². The number of anilines is 3. The van der Waals surface area contributed by atoms with Gasteiger partial charge in [-0.25, -0.2) is 33.7 Å². The molecule has 7 N–H and O–H groups in total. The van der Waals surface area contributed by atoms with Crippen molar-refractivity contribution in [2.24, 2.45) is 30.7 Å². The molecular weight excluding hydrogens is 968 g/mol. The van der Waals surface area contributed by atoms with Crippen molar-refractivity contribution < 1.29 is 137 Å². The summed E-state index contributed by atoms with van der Waals surface area (Å²) in [4.78, 5) is 5.90. The predicted molar refractivity (Wildman–Crippen MR) is 225 cm³/mol. The summed E-state index contributed by atoms with van der Waals surface area (Å²) in [5.74, 6) is -1.25. The number of nitro benzene ring substituents is 1. The fourth-order valence-electron chi connectivity index (χ4n) is 5.78. The average Bonchev–Trinajstić information content (AvgIpc) is 3.20. The van der Waals surface area contributed by atoms with Crippen molar-refractivity contribution in [2.45, 2.75) is 19.6 Å². The molecule has 0 unspecified atom stereocenters. The molecule has 0 spiro atoms. The van der Waals surface area contributed by atoms with Crippen LogP contribution in [0.25, 0.3) is 22.9 Å². The molecular formula is C36H24Li4N10O15S4. The van der Waals surface area contributed by atoms with Gasteiger partial charge in [0.05, 0.1) is 58.3 Å². The Bertz CT molecular complexity index is 3590. The third-order valence-electron chi connectivity index (χ3n) is 8.74. The van der Waals surface area contributed by atoms with Gasteiger partial charge in [0.25, 0.3) is 5.69 Å². The van der Waals surface area contributed by atoms with Gasteiger partial charge >= 0.3 is 75.4 Å². The van der Waals surface area contributed by atoms with E-state index in [1.54, 1.807) is 0 Å². The number of phenolic OH excluding ortho intramolecular Hbond substituents is 1. The molecule has 33 heteroatoms. The van der Waals surface area contributed by atoms with E-state index in [0.717, 1.165) is 60.7 Å². The van der Waals surface area contributed by atoms with E-state index in [1.807, 2.05) is 0 Å². The third kappa shape index (κ3) is 14.2. The number of benzene rings is 6. The number of phenols is 1. The Morgan fingerprint density at radius 3 is 1.38 bits per heavy atom. The Morgan fingerprint density at radius 2 is 0.928 bits per heavy atom. The standard InChI is InChI=1S/C36H28N10O15S4.4Li/c37-21-5-12-27(26(38)15-21)43-41-23-6-3-18(28(16-23)62(50,51)52)1-2-19-4-7-24(17-29(19)63(53,54)55)42-45-35-31(65(59,60)61)14-20-13-30(64(56,57)58)34(33(39)32(20)36(35)47)44-40-22-8-10-25(11-9-22)46(48)49;;;;/h1-17,47H,37-39H2,(H,50,51,52)(H,53,54,55)(H,56,57,58)(H,59,60,61);;;;/q;4*+1/p-4/b2-1+,43-41?,44-40?,45-42?;;;;. The van der Waals surface area contributed by atoms with Gasteiger partial charge in [0, 0.05) is 17.8 Å². The van der Waals surface area contributed by atoms with E-state index in [2.05, 4.69) is 30.7 Å². The van der Waals surface area contributed by atoms with Gasteiger partial charge in [0.15, 0.2) is 5.75 Å². The molecule has 0 bridgehead atoms. The Kier molecular flexibility index (Phi) is 20.1. The van der Waals surface area contributed by atoms with E-state index in [0.29, 0.717) is 23.9 Å². The second-order valence-electron chi connectivity index (χ2n) is 13.1. The maximum Gasteiger partial charge on any atom is 1.00 e. The quantitative estimate of drug-likeness (QED) is 0.0159. The van der Waals surface area contributed by atoms with Crippen molar-refractivity contribution in [3.05, 3.63) is 112 Å². The molecule has 6 aromatic carbocycles. The molecule has 0 saturated carbocycles. The van der Waals surface area contributed by atoms with E-state index < -0.39 is 104 Å². The van der Waals surface area contributed by atoms with Gasteiger partial charge < -0.3 is 40.5 Å². The second kappa shape index (κ2) is 23.1. The van der Waals surface area contributed by atoms with Crippen LogP contribution in [-0.2, 0) is 40.5 Å². The Hall–Kier alpha value is -5.25. The molecule has 6 aromatic rings. The summed E-state index contributed by atoms with van der Waals surface area (Å²) in [6, 6.07) is 15.5. The summed E-state index contributed by atoms with van der Waals surface area (Å²) in [7, 11) is -21.8. The van der Waals surface area contributed by atoms with Crippen LogP contribution < -0.4 is 92.6 Å². The van der Waals surface area contributed by atoms with Crippen molar-refractivity contribution in [1.29, 1.82) is 0 Å². The molecule has 336 valence electrons. The van der Waals surface area contributed by atoms with Crippen LogP contribution in [0.5, 0.6) is 5.75 Å². The second-order valence-corrected chi connectivity index (χ2v) is 18.5. The van der Waals surface area contributed by atoms with E-state index in [-0.39, 0.29) is 115 Å². The van der Waals surface area contributed by atoms with Gasteiger partial charge in [-0.3, -0.25) is 10.1 Å². The summed E-state index contributed by atoms with van der Waals surface area (Å²) in [5, 5.41) is 43.5. The number of non-ortho nitro benzene ring substituents is 1. The minimum absolute atomic E-state index is 0. The average molecular weight is 993 g/mol. The first-order valence-electron chi connectivity index (χ1n) is 17.3. The summed E-state index contributed by atoms with van der Waals surface area (Å²) in [5.41, 5.74) is 13.7. The zero-order valence-corrected chi connectivity index (χ0v) is 39.2. The third-order valence-corrected chi connectivity index (χ3v) is 12.2. The molecule has 0 aromatic heterocycles. The summed E-state index contributed by atoms with van der Waals surface area (Å²) >= 11 is 0. The Balaban J connectivity index is 0.00000408. The minimum Gasteiger partial charge on any atom is -0.744 e. The summed E-state index contributed by atoms with van der Waals surface area (Å²) in [6.45, 7) is 0. The summed E-state index contributed by atoms with van der Waals surface area (Å²) in [6.07, 6.45) is 1.94. The number of nitrogens with two attached hydrogens (primary N) is 3. The number of azo groups is 3. The molecule has 0 heterocycles. The number of aromatic hydroxyl groups is 1. The van der Waals surface area contributed by atoms with Crippen molar-refractivity contribution >= 4 is 120 Å². The normalized spacial score (nSPS) is 12.2. The maximum absolute atomic E-state index is 12.4. The molecule has 0 aliphatic carbocycles. The molecule has 0 aliphatic rings. The van der Waals surface area contributed by atoms with Gasteiger partial charge in [-0.2, -0.15) is 15.3 Å². The SMILES string of the molecule is Nc1ccc(N=Nc2ccc(/C=C/c3ccc(N=Nc4c(S(=O)(=O)[O-])cc5cc(S(=O)(=O)[O-])c(N=Nc6ccc([N+](=O)[O-])cc6)c(N)c5c4O)cc3S(=O)(=O)[O-])c(S(=O)(=O)[O-])c2)c(N)c1.[Li+].[Li+].[Li+].[Li+]. The van der Waals surface area contributed by atoms with Crippen LogP contribution in [0.2, 0.25) is 0 Å². The van der Waals surface area contributed by atoms with Gasteiger partial charge in [0.1, 0.15) is 57.5 Å². The van der Waals surface area contributed by atoms with E-state index in [9.17, 15) is 67.1 Å². The van der Waals surface area contributed by atoms with Crippen molar-refractivity contribution in [1.82, 2.24) is 0 Å². The monoisotopic (exact) mass is 992 g/mol. The van der Waals surface area contributed by atoms with Crippen LogP contribution in [0.1, 0.15) is 11.1 Å². The van der Waals surface area contributed by atoms with Crippen LogP contribution in [0, 0.1) is 10.1 Å². The molecule has 6 rings (SSSR count). The van der Waals surface area contributed by atoms with Crippen LogP contribution in [0.4, 0.5) is 56.9 Å². The first-order valence-corrected chi connectivity index (χ1v) is 22.9. The topological polar surface area (TPSA) is 444 Å². The molecule has 0 aliphatic heterocycles. The zero-order valence-electron chi connectivity index (χ0n) is 36.0. The largest absolute Gasteiger partial charge is 1.00 e. The van der Waals surface area contributed by atoms with E-state index in [4.69, 9.17) is 17.2 Å².